The highest BCUT2D eigenvalue weighted by Gasteiger charge is 2.14. The van der Waals surface area contributed by atoms with E-state index in [9.17, 15) is 0 Å². The van der Waals surface area contributed by atoms with E-state index in [1.165, 1.54) is 0 Å². The number of ether oxygens (including phenoxy) is 2. The summed E-state index contributed by atoms with van der Waals surface area (Å²) in [6, 6.07) is 21.9. The zero-order valence-electron chi connectivity index (χ0n) is 12.2. The standard InChI is InChI=1S/C18H18N2O2/c1-3-7-15(8-4-1)13-21-18(17-11-12-19-20-17)22-14-16-9-5-2-6-10-16/h1-12,18H,13-14H2,(H,19,20). The van der Waals surface area contributed by atoms with Crippen LogP contribution >= 0.6 is 0 Å². The molecule has 0 saturated carbocycles. The molecular weight excluding hydrogens is 276 g/mol. The van der Waals surface area contributed by atoms with E-state index in [4.69, 9.17) is 9.47 Å². The molecule has 1 aromatic heterocycles. The lowest BCUT2D eigenvalue weighted by molar-refractivity contribution is -0.163. The molecule has 0 bridgehead atoms. The van der Waals surface area contributed by atoms with E-state index in [0.29, 0.717) is 13.2 Å². The molecule has 4 heteroatoms. The van der Waals surface area contributed by atoms with Gasteiger partial charge in [0.2, 0.25) is 6.29 Å². The van der Waals surface area contributed by atoms with Crippen molar-refractivity contribution in [1.29, 1.82) is 0 Å². The second-order valence-electron chi connectivity index (χ2n) is 4.94. The van der Waals surface area contributed by atoms with Crippen LogP contribution in [-0.4, -0.2) is 10.2 Å². The summed E-state index contributed by atoms with van der Waals surface area (Å²) in [5.41, 5.74) is 3.03. The first-order valence-electron chi connectivity index (χ1n) is 7.22. The van der Waals surface area contributed by atoms with Crippen molar-refractivity contribution in [2.75, 3.05) is 0 Å². The fourth-order valence-corrected chi connectivity index (χ4v) is 2.12. The molecule has 0 radical (unpaired) electrons. The molecule has 0 aliphatic carbocycles. The van der Waals surface area contributed by atoms with Gasteiger partial charge in [-0.2, -0.15) is 5.10 Å². The molecule has 0 amide bonds. The molecule has 1 heterocycles. The third kappa shape index (κ3) is 4.04. The quantitative estimate of drug-likeness (QED) is 0.673. The number of aromatic amines is 1. The van der Waals surface area contributed by atoms with Crippen LogP contribution in [0.15, 0.2) is 72.9 Å². The Hall–Kier alpha value is -2.43. The second-order valence-corrected chi connectivity index (χ2v) is 4.94. The van der Waals surface area contributed by atoms with Crippen LogP contribution in [0.5, 0.6) is 0 Å². The van der Waals surface area contributed by atoms with E-state index in [2.05, 4.69) is 10.2 Å². The van der Waals surface area contributed by atoms with Gasteiger partial charge in [0.15, 0.2) is 0 Å². The van der Waals surface area contributed by atoms with Crippen molar-refractivity contribution in [1.82, 2.24) is 10.2 Å². The highest BCUT2D eigenvalue weighted by molar-refractivity contribution is 5.14. The van der Waals surface area contributed by atoms with E-state index in [-0.39, 0.29) is 0 Å². The van der Waals surface area contributed by atoms with Crippen LogP contribution in [0.2, 0.25) is 0 Å². The van der Waals surface area contributed by atoms with Crippen LogP contribution in [0.25, 0.3) is 0 Å². The van der Waals surface area contributed by atoms with Crippen molar-refractivity contribution in [3.63, 3.8) is 0 Å². The van der Waals surface area contributed by atoms with Gasteiger partial charge in [-0.15, -0.1) is 0 Å². The van der Waals surface area contributed by atoms with Crippen LogP contribution in [0.3, 0.4) is 0 Å². The molecule has 0 saturated heterocycles. The molecule has 3 rings (SSSR count). The van der Waals surface area contributed by atoms with Gasteiger partial charge in [0.1, 0.15) is 0 Å². The minimum atomic E-state index is -0.470. The number of nitrogens with one attached hydrogen (secondary N) is 1. The van der Waals surface area contributed by atoms with Crippen molar-refractivity contribution in [3.8, 4) is 0 Å². The van der Waals surface area contributed by atoms with Crippen molar-refractivity contribution in [3.05, 3.63) is 89.7 Å². The van der Waals surface area contributed by atoms with E-state index in [1.807, 2.05) is 66.7 Å². The lowest BCUT2D eigenvalue weighted by Crippen LogP contribution is -2.10. The topological polar surface area (TPSA) is 47.1 Å². The lowest BCUT2D eigenvalue weighted by Gasteiger charge is -2.17. The van der Waals surface area contributed by atoms with E-state index < -0.39 is 6.29 Å². The maximum absolute atomic E-state index is 5.90. The van der Waals surface area contributed by atoms with Crippen LogP contribution in [-0.2, 0) is 22.7 Å². The first-order valence-corrected chi connectivity index (χ1v) is 7.22. The molecule has 0 aliphatic rings. The zero-order valence-corrected chi connectivity index (χ0v) is 12.2. The Morgan fingerprint density at radius 2 is 1.32 bits per heavy atom. The summed E-state index contributed by atoms with van der Waals surface area (Å²) in [5, 5.41) is 6.88. The van der Waals surface area contributed by atoms with Crippen molar-refractivity contribution in [2.24, 2.45) is 0 Å². The van der Waals surface area contributed by atoms with Gasteiger partial charge < -0.3 is 9.47 Å². The molecule has 1 N–H and O–H groups in total. The van der Waals surface area contributed by atoms with Gasteiger partial charge in [-0.05, 0) is 17.2 Å². The molecular formula is C18H18N2O2. The van der Waals surface area contributed by atoms with Crippen LogP contribution in [0, 0.1) is 0 Å². The minimum Gasteiger partial charge on any atom is -0.342 e. The first kappa shape index (κ1) is 14.5. The summed E-state index contributed by atoms with van der Waals surface area (Å²) in [7, 11) is 0. The lowest BCUT2D eigenvalue weighted by atomic mass is 10.2. The number of hydrogen-bond acceptors (Lipinski definition) is 3. The molecule has 4 nitrogen and oxygen atoms in total. The summed E-state index contributed by atoms with van der Waals surface area (Å²) in [5.74, 6) is 0. The summed E-state index contributed by atoms with van der Waals surface area (Å²) in [4.78, 5) is 0. The average molecular weight is 294 g/mol. The maximum Gasteiger partial charge on any atom is 0.201 e. The summed E-state index contributed by atoms with van der Waals surface area (Å²) in [6.07, 6.45) is 1.23. The molecule has 0 unspecified atom stereocenters. The zero-order chi connectivity index (χ0) is 15.0. The third-order valence-electron chi connectivity index (χ3n) is 3.26. The third-order valence-corrected chi connectivity index (χ3v) is 3.26. The van der Waals surface area contributed by atoms with Gasteiger partial charge in [-0.3, -0.25) is 5.10 Å². The van der Waals surface area contributed by atoms with Crippen molar-refractivity contribution >= 4 is 0 Å². The number of hydrogen-bond donors (Lipinski definition) is 1. The van der Waals surface area contributed by atoms with Crippen molar-refractivity contribution in [2.45, 2.75) is 19.5 Å². The Morgan fingerprint density at radius 1 is 0.773 bits per heavy atom. The van der Waals surface area contributed by atoms with Crippen LogP contribution in [0.4, 0.5) is 0 Å². The molecule has 0 atom stereocenters. The average Bonchev–Trinajstić information content (AvgIpc) is 3.11. The van der Waals surface area contributed by atoms with Gasteiger partial charge in [-0.25, -0.2) is 0 Å². The monoisotopic (exact) mass is 294 g/mol. The van der Waals surface area contributed by atoms with Gasteiger partial charge >= 0.3 is 0 Å². The largest absolute Gasteiger partial charge is 0.342 e. The smallest absolute Gasteiger partial charge is 0.201 e. The molecule has 2 aromatic carbocycles. The maximum atomic E-state index is 5.90. The fourth-order valence-electron chi connectivity index (χ4n) is 2.12. The Bertz CT molecular complexity index is 611. The number of H-pyrrole nitrogens is 1. The van der Waals surface area contributed by atoms with Crippen molar-refractivity contribution < 1.29 is 9.47 Å². The Balaban J connectivity index is 1.63. The van der Waals surface area contributed by atoms with Gasteiger partial charge in [0, 0.05) is 6.20 Å². The number of rotatable bonds is 7. The highest BCUT2D eigenvalue weighted by atomic mass is 16.7. The molecule has 0 aliphatic heterocycles. The molecule has 0 fully saturated rings. The van der Waals surface area contributed by atoms with Crippen LogP contribution in [0.1, 0.15) is 23.1 Å². The summed E-state index contributed by atoms with van der Waals surface area (Å²) < 4.78 is 11.8. The Morgan fingerprint density at radius 3 is 1.77 bits per heavy atom. The van der Waals surface area contributed by atoms with Gasteiger partial charge in [0.25, 0.3) is 0 Å². The van der Waals surface area contributed by atoms with Gasteiger partial charge in [0.05, 0.1) is 18.9 Å². The molecule has 3 aromatic rings. The van der Waals surface area contributed by atoms with E-state index in [0.717, 1.165) is 16.8 Å². The summed E-state index contributed by atoms with van der Waals surface area (Å²) in [6.45, 7) is 0.971. The fraction of sp³-hybridized carbons (Fsp3) is 0.167. The normalized spacial score (nSPS) is 11.0. The minimum absolute atomic E-state index is 0.470. The SMILES string of the molecule is c1ccc(COC(OCc2ccccc2)c2ccn[nH]2)cc1. The molecule has 22 heavy (non-hydrogen) atoms. The Kier molecular flexibility index (Phi) is 4.97. The highest BCUT2D eigenvalue weighted by Crippen LogP contribution is 2.20. The van der Waals surface area contributed by atoms with E-state index >= 15 is 0 Å². The summed E-state index contributed by atoms with van der Waals surface area (Å²) >= 11 is 0. The Labute approximate surface area is 129 Å². The second kappa shape index (κ2) is 7.54. The first-order chi connectivity index (χ1) is 10.9. The predicted molar refractivity (Wildman–Crippen MR) is 83.8 cm³/mol. The number of benzene rings is 2. The van der Waals surface area contributed by atoms with Crippen LogP contribution < -0.4 is 0 Å². The van der Waals surface area contributed by atoms with E-state index in [1.54, 1.807) is 6.20 Å². The number of aromatic nitrogens is 2. The van der Waals surface area contributed by atoms with Gasteiger partial charge in [-0.1, -0.05) is 60.7 Å². The predicted octanol–water partition coefficient (Wildman–Crippen LogP) is 3.84. The molecule has 112 valence electrons. The molecule has 0 spiro atoms. The number of nitrogens with zero attached hydrogens (tertiary/aromatic N) is 1.